The molecule has 9 heavy (non-hydrogen) atoms. The standard InChI is InChI=1S/C3H3F5N/c4-2(5,1-9)3(6,7)8/h9H,1H2. The summed E-state index contributed by atoms with van der Waals surface area (Å²) in [4.78, 5) is 0. The first-order valence-corrected chi connectivity index (χ1v) is 1.90. The Labute approximate surface area is 47.6 Å². The molecular formula is C3H3F5N. The molecule has 0 aromatic carbocycles. The molecule has 0 rings (SSSR count). The molecule has 1 radical (unpaired) electrons. The Morgan fingerprint density at radius 2 is 1.33 bits per heavy atom. The van der Waals surface area contributed by atoms with E-state index in [1.165, 1.54) is 0 Å². The van der Waals surface area contributed by atoms with E-state index in [1.807, 2.05) is 0 Å². The Kier molecular flexibility index (Phi) is 2.00. The molecule has 0 unspecified atom stereocenters. The van der Waals surface area contributed by atoms with Gasteiger partial charge in [-0.15, -0.1) is 0 Å². The van der Waals surface area contributed by atoms with Crippen molar-refractivity contribution < 1.29 is 22.0 Å². The summed E-state index contributed by atoms with van der Waals surface area (Å²) in [6.45, 7) is -1.95. The highest BCUT2D eigenvalue weighted by molar-refractivity contribution is 4.75. The molecule has 6 heteroatoms. The molecule has 0 saturated heterocycles. The fraction of sp³-hybridized carbons (Fsp3) is 1.00. The maximum Gasteiger partial charge on any atom is 0.454 e. The molecule has 0 aliphatic carbocycles. The molecule has 0 aliphatic heterocycles. The number of rotatable bonds is 1. The van der Waals surface area contributed by atoms with Crippen LogP contribution in [0.2, 0.25) is 0 Å². The molecule has 0 bridgehead atoms. The van der Waals surface area contributed by atoms with Crippen molar-refractivity contribution in [1.29, 1.82) is 0 Å². The van der Waals surface area contributed by atoms with Crippen molar-refractivity contribution in [3.05, 3.63) is 0 Å². The molecule has 0 aromatic heterocycles. The van der Waals surface area contributed by atoms with Crippen molar-refractivity contribution in [2.75, 3.05) is 6.54 Å². The van der Waals surface area contributed by atoms with Gasteiger partial charge in [0.1, 0.15) is 0 Å². The smallest absolute Gasteiger partial charge is 0.251 e. The topological polar surface area (TPSA) is 23.8 Å². The van der Waals surface area contributed by atoms with Crippen LogP contribution < -0.4 is 5.73 Å². The van der Waals surface area contributed by atoms with E-state index in [1.54, 1.807) is 0 Å². The first-order valence-electron chi connectivity index (χ1n) is 1.90. The molecule has 0 fully saturated rings. The minimum Gasteiger partial charge on any atom is -0.251 e. The van der Waals surface area contributed by atoms with Crippen LogP contribution in [0.15, 0.2) is 0 Å². The molecule has 0 heterocycles. The van der Waals surface area contributed by atoms with E-state index in [4.69, 9.17) is 5.73 Å². The van der Waals surface area contributed by atoms with Gasteiger partial charge >= 0.3 is 12.1 Å². The van der Waals surface area contributed by atoms with Gasteiger partial charge < -0.3 is 0 Å². The van der Waals surface area contributed by atoms with Crippen molar-refractivity contribution in [3.8, 4) is 0 Å². The first kappa shape index (κ1) is 8.61. The minimum absolute atomic E-state index is 1.95. The summed E-state index contributed by atoms with van der Waals surface area (Å²) < 4.78 is 55.6. The van der Waals surface area contributed by atoms with Crippen LogP contribution in [-0.2, 0) is 0 Å². The van der Waals surface area contributed by atoms with Gasteiger partial charge in [-0.2, -0.15) is 22.0 Å². The molecule has 0 atom stereocenters. The third-order valence-corrected chi connectivity index (χ3v) is 0.637. The molecule has 0 spiro atoms. The van der Waals surface area contributed by atoms with Gasteiger partial charge in [0.15, 0.2) is 0 Å². The van der Waals surface area contributed by atoms with E-state index in [-0.39, 0.29) is 0 Å². The second-order valence-corrected chi connectivity index (χ2v) is 1.38. The van der Waals surface area contributed by atoms with E-state index in [0.29, 0.717) is 0 Å². The number of nitrogens with one attached hydrogen (secondary N) is 1. The van der Waals surface area contributed by atoms with Gasteiger partial charge in [-0.1, -0.05) is 0 Å². The third-order valence-electron chi connectivity index (χ3n) is 0.637. The number of halogens is 5. The van der Waals surface area contributed by atoms with Gasteiger partial charge in [-0.05, 0) is 0 Å². The van der Waals surface area contributed by atoms with Crippen LogP contribution >= 0.6 is 0 Å². The van der Waals surface area contributed by atoms with Gasteiger partial charge in [-0.25, -0.2) is 0 Å². The highest BCUT2D eigenvalue weighted by atomic mass is 19.4. The minimum atomic E-state index is -5.57. The average Bonchev–Trinajstić information content (AvgIpc) is 1.64. The lowest BCUT2D eigenvalue weighted by Crippen LogP contribution is -2.40. The Hall–Kier alpha value is -0.390. The quantitative estimate of drug-likeness (QED) is 0.503. The second-order valence-electron chi connectivity index (χ2n) is 1.38. The lowest BCUT2D eigenvalue weighted by Gasteiger charge is -2.15. The Morgan fingerprint density at radius 3 is 1.33 bits per heavy atom. The molecule has 0 saturated carbocycles. The predicted molar refractivity (Wildman–Crippen MR) is 19.0 cm³/mol. The van der Waals surface area contributed by atoms with Gasteiger partial charge in [0, 0.05) is 0 Å². The van der Waals surface area contributed by atoms with E-state index in [9.17, 15) is 22.0 Å². The lowest BCUT2D eigenvalue weighted by atomic mass is 10.3. The van der Waals surface area contributed by atoms with Crippen LogP contribution in [0.5, 0.6) is 0 Å². The van der Waals surface area contributed by atoms with Crippen LogP contribution in [0.1, 0.15) is 0 Å². The lowest BCUT2D eigenvalue weighted by molar-refractivity contribution is -0.277. The normalized spacial score (nSPS) is 14.0. The average molecular weight is 148 g/mol. The van der Waals surface area contributed by atoms with E-state index < -0.39 is 18.6 Å². The predicted octanol–water partition coefficient (Wildman–Crippen LogP) is 1.47. The first-order chi connectivity index (χ1) is 3.81. The summed E-state index contributed by atoms with van der Waals surface area (Å²) in [6.07, 6.45) is -5.57. The van der Waals surface area contributed by atoms with Gasteiger partial charge in [0.25, 0.3) is 0 Å². The monoisotopic (exact) mass is 148 g/mol. The van der Waals surface area contributed by atoms with Crippen molar-refractivity contribution >= 4 is 0 Å². The number of alkyl halides is 5. The zero-order valence-corrected chi connectivity index (χ0v) is 4.10. The zero-order valence-electron chi connectivity index (χ0n) is 4.10. The van der Waals surface area contributed by atoms with Crippen molar-refractivity contribution in [2.45, 2.75) is 12.1 Å². The fourth-order valence-electron chi connectivity index (χ4n) is 0.100. The van der Waals surface area contributed by atoms with Gasteiger partial charge in [0.2, 0.25) is 0 Å². The highest BCUT2D eigenvalue weighted by Crippen LogP contribution is 2.34. The van der Waals surface area contributed by atoms with Crippen molar-refractivity contribution in [2.24, 2.45) is 0 Å². The van der Waals surface area contributed by atoms with Crippen LogP contribution in [0.4, 0.5) is 22.0 Å². The van der Waals surface area contributed by atoms with Crippen LogP contribution in [0, 0.1) is 0 Å². The molecule has 0 aliphatic rings. The fourth-order valence-corrected chi connectivity index (χ4v) is 0.100. The summed E-state index contributed by atoms with van der Waals surface area (Å²) in [6, 6.07) is 0. The van der Waals surface area contributed by atoms with Gasteiger partial charge in [-0.3, -0.25) is 5.73 Å². The number of hydrogen-bond donors (Lipinski definition) is 0. The Balaban J connectivity index is 4.14. The molecular weight excluding hydrogens is 145 g/mol. The highest BCUT2D eigenvalue weighted by Gasteiger charge is 2.56. The van der Waals surface area contributed by atoms with E-state index in [0.717, 1.165) is 0 Å². The van der Waals surface area contributed by atoms with E-state index in [2.05, 4.69) is 0 Å². The maximum atomic E-state index is 11.3. The van der Waals surface area contributed by atoms with Gasteiger partial charge in [0.05, 0.1) is 6.54 Å². The summed E-state index contributed by atoms with van der Waals surface area (Å²) >= 11 is 0. The summed E-state index contributed by atoms with van der Waals surface area (Å²) in [5.41, 5.74) is 5.79. The molecule has 0 aromatic rings. The molecule has 1 nitrogen and oxygen atoms in total. The third kappa shape index (κ3) is 1.78. The van der Waals surface area contributed by atoms with Crippen LogP contribution in [0.25, 0.3) is 0 Å². The second kappa shape index (κ2) is 2.09. The van der Waals surface area contributed by atoms with Crippen molar-refractivity contribution in [1.82, 2.24) is 5.73 Å². The molecule has 55 valence electrons. The largest absolute Gasteiger partial charge is 0.454 e. The maximum absolute atomic E-state index is 11.3. The van der Waals surface area contributed by atoms with Crippen molar-refractivity contribution in [3.63, 3.8) is 0 Å². The van der Waals surface area contributed by atoms with E-state index >= 15 is 0 Å². The Bertz CT molecular complexity index is 94.9. The van der Waals surface area contributed by atoms with Crippen LogP contribution in [-0.4, -0.2) is 18.6 Å². The zero-order chi connectivity index (χ0) is 7.71. The van der Waals surface area contributed by atoms with Crippen LogP contribution in [0.3, 0.4) is 0 Å². The summed E-state index contributed by atoms with van der Waals surface area (Å²) in [5.74, 6) is -4.85. The Morgan fingerprint density at radius 1 is 1.00 bits per heavy atom. The molecule has 1 N–H and O–H groups in total. The molecule has 0 amide bonds. The summed E-state index contributed by atoms with van der Waals surface area (Å²) in [5, 5.41) is 0. The summed E-state index contributed by atoms with van der Waals surface area (Å²) in [7, 11) is 0. The SMILES string of the molecule is [NH]CC(F)(F)C(F)(F)F. The number of hydrogen-bond acceptors (Lipinski definition) is 0.